The number of rotatable bonds is 6. The molecule has 0 bridgehead atoms. The third-order valence-electron chi connectivity index (χ3n) is 2.89. The molecule has 8 nitrogen and oxygen atoms in total. The molecular formula is C12H17N7O. The predicted octanol–water partition coefficient (Wildman–Crippen LogP) is 0.156. The van der Waals surface area contributed by atoms with Gasteiger partial charge in [-0.3, -0.25) is 9.89 Å². The van der Waals surface area contributed by atoms with Gasteiger partial charge in [-0.25, -0.2) is 5.84 Å². The quantitative estimate of drug-likeness (QED) is 0.338. The third kappa shape index (κ3) is 3.51. The second kappa shape index (κ2) is 6.62. The number of aromatic nitrogens is 4. The number of aromatic amines is 1. The minimum atomic E-state index is -0.245. The topological polar surface area (TPSA) is 122 Å². The summed E-state index contributed by atoms with van der Waals surface area (Å²) in [6.45, 7) is 2.55. The van der Waals surface area contributed by atoms with Crippen molar-refractivity contribution in [3.8, 4) is 0 Å². The minimum absolute atomic E-state index is 0.245. The Morgan fingerprint density at radius 1 is 1.40 bits per heavy atom. The van der Waals surface area contributed by atoms with Crippen molar-refractivity contribution < 1.29 is 4.79 Å². The molecule has 2 aromatic heterocycles. The third-order valence-corrected chi connectivity index (χ3v) is 2.89. The van der Waals surface area contributed by atoms with Gasteiger partial charge in [0.05, 0.1) is 6.20 Å². The summed E-state index contributed by atoms with van der Waals surface area (Å²) in [5, 5.41) is 17.1. The van der Waals surface area contributed by atoms with Gasteiger partial charge in [0.25, 0.3) is 5.91 Å². The van der Waals surface area contributed by atoms with Crippen LogP contribution >= 0.6 is 0 Å². The molecule has 0 aromatic carbocycles. The van der Waals surface area contributed by atoms with Crippen molar-refractivity contribution in [2.75, 3.05) is 12.0 Å². The number of nitrogens with two attached hydrogens (primary N) is 1. The summed E-state index contributed by atoms with van der Waals surface area (Å²) in [4.78, 5) is 11.8. The molecule has 0 saturated heterocycles. The highest BCUT2D eigenvalue weighted by molar-refractivity contribution is 5.92. The number of nitrogens with one attached hydrogen (secondary N) is 3. The van der Waals surface area contributed by atoms with Crippen LogP contribution < -0.4 is 16.6 Å². The zero-order chi connectivity index (χ0) is 14.4. The van der Waals surface area contributed by atoms with Gasteiger partial charge in [-0.05, 0) is 37.5 Å². The Labute approximate surface area is 116 Å². The number of aryl methyl sites for hydroxylation is 2. The molecule has 2 heterocycles. The minimum Gasteiger partial charge on any atom is -0.351 e. The number of nitrogens with zero attached hydrogens (tertiary/aromatic N) is 3. The van der Waals surface area contributed by atoms with Gasteiger partial charge in [0.1, 0.15) is 0 Å². The fourth-order valence-corrected chi connectivity index (χ4v) is 1.73. The van der Waals surface area contributed by atoms with Crippen molar-refractivity contribution in [1.82, 2.24) is 25.7 Å². The van der Waals surface area contributed by atoms with E-state index in [9.17, 15) is 4.79 Å². The van der Waals surface area contributed by atoms with Crippen LogP contribution in [-0.2, 0) is 6.42 Å². The predicted molar refractivity (Wildman–Crippen MR) is 73.8 cm³/mol. The van der Waals surface area contributed by atoms with Crippen LogP contribution in [0.5, 0.6) is 0 Å². The van der Waals surface area contributed by atoms with Gasteiger partial charge in [-0.15, -0.1) is 10.2 Å². The van der Waals surface area contributed by atoms with Crippen molar-refractivity contribution in [3.05, 3.63) is 35.3 Å². The zero-order valence-corrected chi connectivity index (χ0v) is 11.2. The van der Waals surface area contributed by atoms with Crippen molar-refractivity contribution >= 4 is 11.7 Å². The lowest BCUT2D eigenvalue weighted by molar-refractivity contribution is 0.0947. The maximum atomic E-state index is 11.8. The summed E-state index contributed by atoms with van der Waals surface area (Å²) in [5.41, 5.74) is 4.85. The standard InChI is InChI=1S/C12H17N7O/c1-8-9(7-15-17-8)3-2-6-14-12(20)10-4-5-11(16-13)19-18-10/h4-5,7H,2-3,6,13H2,1H3,(H,14,20)(H,15,17)(H,16,19). The molecule has 0 unspecified atom stereocenters. The Morgan fingerprint density at radius 3 is 2.85 bits per heavy atom. The lowest BCUT2D eigenvalue weighted by Crippen LogP contribution is -2.26. The van der Waals surface area contributed by atoms with Crippen LogP contribution in [0.4, 0.5) is 5.82 Å². The van der Waals surface area contributed by atoms with E-state index in [1.165, 1.54) is 0 Å². The normalized spacial score (nSPS) is 10.3. The number of nitrogen functional groups attached to an aromatic ring is 1. The number of hydrogen-bond acceptors (Lipinski definition) is 6. The highest BCUT2D eigenvalue weighted by Gasteiger charge is 2.07. The second-order valence-corrected chi connectivity index (χ2v) is 4.33. The van der Waals surface area contributed by atoms with Gasteiger partial charge in [-0.1, -0.05) is 0 Å². The Balaban J connectivity index is 1.76. The van der Waals surface area contributed by atoms with Crippen LogP contribution in [-0.4, -0.2) is 32.8 Å². The summed E-state index contributed by atoms with van der Waals surface area (Å²) < 4.78 is 0. The van der Waals surface area contributed by atoms with E-state index in [1.807, 2.05) is 6.92 Å². The number of amides is 1. The number of hydrogen-bond donors (Lipinski definition) is 4. The number of carbonyl (C=O) groups is 1. The Hall–Kier alpha value is -2.48. The maximum Gasteiger partial charge on any atom is 0.271 e. The van der Waals surface area contributed by atoms with Crippen molar-refractivity contribution in [1.29, 1.82) is 0 Å². The van der Waals surface area contributed by atoms with E-state index in [1.54, 1.807) is 18.3 Å². The average Bonchev–Trinajstić information content (AvgIpc) is 2.89. The Kier molecular flexibility index (Phi) is 4.61. The molecule has 0 radical (unpaired) electrons. The molecule has 2 rings (SSSR count). The van der Waals surface area contributed by atoms with E-state index in [0.717, 1.165) is 24.1 Å². The molecule has 5 N–H and O–H groups in total. The smallest absolute Gasteiger partial charge is 0.271 e. The molecule has 1 amide bonds. The van der Waals surface area contributed by atoms with Gasteiger partial charge < -0.3 is 10.7 Å². The number of H-pyrrole nitrogens is 1. The summed E-state index contributed by atoms with van der Waals surface area (Å²) in [6.07, 6.45) is 3.51. The van der Waals surface area contributed by atoms with Gasteiger partial charge in [-0.2, -0.15) is 5.10 Å². The molecular weight excluding hydrogens is 258 g/mol. The lowest BCUT2D eigenvalue weighted by Gasteiger charge is -2.04. The number of anilines is 1. The molecule has 106 valence electrons. The van der Waals surface area contributed by atoms with Crippen LogP contribution in [0.2, 0.25) is 0 Å². The number of hydrazine groups is 1. The summed E-state index contributed by atoms with van der Waals surface area (Å²) in [7, 11) is 0. The van der Waals surface area contributed by atoms with Crippen LogP contribution in [0.25, 0.3) is 0 Å². The SMILES string of the molecule is Cc1[nH]ncc1CCCNC(=O)c1ccc(NN)nn1. The molecule has 20 heavy (non-hydrogen) atoms. The van der Waals surface area contributed by atoms with E-state index in [2.05, 4.69) is 31.1 Å². The van der Waals surface area contributed by atoms with E-state index in [-0.39, 0.29) is 11.6 Å². The van der Waals surface area contributed by atoms with Crippen molar-refractivity contribution in [3.63, 3.8) is 0 Å². The molecule has 8 heteroatoms. The molecule has 0 aliphatic rings. The molecule has 0 saturated carbocycles. The second-order valence-electron chi connectivity index (χ2n) is 4.33. The first-order valence-corrected chi connectivity index (χ1v) is 6.28. The van der Waals surface area contributed by atoms with Gasteiger partial charge >= 0.3 is 0 Å². The Morgan fingerprint density at radius 2 is 2.25 bits per heavy atom. The van der Waals surface area contributed by atoms with E-state index in [4.69, 9.17) is 5.84 Å². The zero-order valence-electron chi connectivity index (χ0n) is 11.2. The fourth-order valence-electron chi connectivity index (χ4n) is 1.73. The van der Waals surface area contributed by atoms with Crippen LogP contribution in [0.1, 0.15) is 28.2 Å². The molecule has 0 fully saturated rings. The van der Waals surface area contributed by atoms with Gasteiger partial charge in [0.2, 0.25) is 0 Å². The molecule has 2 aromatic rings. The monoisotopic (exact) mass is 275 g/mol. The molecule has 0 aliphatic heterocycles. The average molecular weight is 275 g/mol. The highest BCUT2D eigenvalue weighted by Crippen LogP contribution is 2.05. The van der Waals surface area contributed by atoms with E-state index >= 15 is 0 Å². The first-order valence-electron chi connectivity index (χ1n) is 6.28. The van der Waals surface area contributed by atoms with E-state index in [0.29, 0.717) is 12.4 Å². The number of carbonyl (C=O) groups excluding carboxylic acids is 1. The Bertz CT molecular complexity index is 563. The first kappa shape index (κ1) is 13.9. The maximum absolute atomic E-state index is 11.8. The van der Waals surface area contributed by atoms with Gasteiger partial charge in [0.15, 0.2) is 11.5 Å². The van der Waals surface area contributed by atoms with Crippen LogP contribution in [0.3, 0.4) is 0 Å². The van der Waals surface area contributed by atoms with Crippen molar-refractivity contribution in [2.24, 2.45) is 5.84 Å². The molecule has 0 atom stereocenters. The first-order chi connectivity index (χ1) is 9.70. The van der Waals surface area contributed by atoms with Gasteiger partial charge in [0, 0.05) is 12.2 Å². The van der Waals surface area contributed by atoms with Crippen LogP contribution in [0, 0.1) is 6.92 Å². The molecule has 0 spiro atoms. The summed E-state index contributed by atoms with van der Waals surface area (Å²) >= 11 is 0. The largest absolute Gasteiger partial charge is 0.351 e. The van der Waals surface area contributed by atoms with E-state index < -0.39 is 0 Å². The summed E-state index contributed by atoms with van der Waals surface area (Å²) in [5.74, 6) is 5.34. The lowest BCUT2D eigenvalue weighted by atomic mass is 10.1. The van der Waals surface area contributed by atoms with Crippen molar-refractivity contribution in [2.45, 2.75) is 19.8 Å². The molecule has 0 aliphatic carbocycles. The highest BCUT2D eigenvalue weighted by atomic mass is 16.1. The summed E-state index contributed by atoms with van der Waals surface area (Å²) in [6, 6.07) is 3.16. The van der Waals surface area contributed by atoms with Crippen LogP contribution in [0.15, 0.2) is 18.3 Å². The fraction of sp³-hybridized carbons (Fsp3) is 0.333.